The molecule has 2 rings (SSSR count). The summed E-state index contributed by atoms with van der Waals surface area (Å²) in [7, 11) is 0. The highest BCUT2D eigenvalue weighted by molar-refractivity contribution is 6.34. The van der Waals surface area contributed by atoms with E-state index < -0.39 is 11.8 Å². The topological polar surface area (TPSA) is 98.0 Å². The molecule has 1 aromatic carbocycles. The second kappa shape index (κ2) is 5.85. The third-order valence-corrected chi connectivity index (χ3v) is 2.84. The number of benzene rings is 1. The zero-order valence-electron chi connectivity index (χ0n) is 9.93. The normalized spacial score (nSPS) is 10.1. The molecule has 0 aliphatic rings. The minimum Gasteiger partial charge on any atom is -0.366 e. The average Bonchev–Trinajstić information content (AvgIpc) is 2.40. The van der Waals surface area contributed by atoms with E-state index in [1.807, 2.05) is 0 Å². The van der Waals surface area contributed by atoms with Crippen molar-refractivity contribution < 1.29 is 9.59 Å². The number of primary amides is 1. The van der Waals surface area contributed by atoms with Gasteiger partial charge in [-0.3, -0.25) is 14.6 Å². The van der Waals surface area contributed by atoms with Gasteiger partial charge in [-0.2, -0.15) is 0 Å². The number of rotatable bonds is 3. The monoisotopic (exact) mass is 310 g/mol. The number of nitrogens with zero attached hydrogens (tertiary/aromatic N) is 2. The molecule has 8 heteroatoms. The molecular weight excluding hydrogens is 303 g/mol. The fourth-order valence-corrected chi connectivity index (χ4v) is 1.80. The van der Waals surface area contributed by atoms with Crippen LogP contribution in [0.15, 0.2) is 30.6 Å². The molecule has 0 radical (unpaired) electrons. The van der Waals surface area contributed by atoms with Crippen LogP contribution in [0, 0.1) is 0 Å². The van der Waals surface area contributed by atoms with Crippen LogP contribution in [0.3, 0.4) is 0 Å². The van der Waals surface area contributed by atoms with Crippen molar-refractivity contribution in [2.45, 2.75) is 0 Å². The van der Waals surface area contributed by atoms with Crippen molar-refractivity contribution in [3.8, 4) is 0 Å². The summed E-state index contributed by atoms with van der Waals surface area (Å²) in [6.07, 6.45) is 2.58. The van der Waals surface area contributed by atoms with Crippen LogP contribution in [-0.2, 0) is 0 Å². The van der Waals surface area contributed by atoms with Gasteiger partial charge in [0.15, 0.2) is 0 Å². The number of nitrogens with two attached hydrogens (primary N) is 1. The second-order valence-corrected chi connectivity index (χ2v) is 4.53. The van der Waals surface area contributed by atoms with Gasteiger partial charge in [0.2, 0.25) is 5.91 Å². The minimum absolute atomic E-state index is 0.0491. The lowest BCUT2D eigenvalue weighted by molar-refractivity contribution is 0.0995. The number of carbonyl (C=O) groups is 2. The Hall–Kier alpha value is -2.18. The molecule has 0 bridgehead atoms. The lowest BCUT2D eigenvalue weighted by atomic mass is 10.2. The molecule has 2 amide bonds. The summed E-state index contributed by atoms with van der Waals surface area (Å²) in [5.74, 6) is -1.20. The van der Waals surface area contributed by atoms with Crippen LogP contribution in [0.5, 0.6) is 0 Å². The predicted molar refractivity (Wildman–Crippen MR) is 75.0 cm³/mol. The average molecular weight is 311 g/mol. The predicted octanol–water partition coefficient (Wildman–Crippen LogP) is 2.13. The van der Waals surface area contributed by atoms with E-state index in [-0.39, 0.29) is 21.4 Å². The van der Waals surface area contributed by atoms with E-state index in [0.717, 1.165) is 0 Å². The molecule has 1 heterocycles. The van der Waals surface area contributed by atoms with Crippen LogP contribution in [0.1, 0.15) is 20.8 Å². The lowest BCUT2D eigenvalue weighted by Gasteiger charge is -2.07. The maximum atomic E-state index is 11.9. The van der Waals surface area contributed by atoms with Crippen LogP contribution in [-0.4, -0.2) is 21.8 Å². The molecule has 0 aliphatic heterocycles. The van der Waals surface area contributed by atoms with Crippen molar-refractivity contribution in [2.75, 3.05) is 5.32 Å². The lowest BCUT2D eigenvalue weighted by Crippen LogP contribution is -2.16. The summed E-state index contributed by atoms with van der Waals surface area (Å²) in [4.78, 5) is 30.6. The molecule has 102 valence electrons. The van der Waals surface area contributed by atoms with Gasteiger partial charge in [0, 0.05) is 5.69 Å². The number of hydrogen-bond donors (Lipinski definition) is 2. The molecule has 3 N–H and O–H groups in total. The van der Waals surface area contributed by atoms with Crippen LogP contribution in [0.25, 0.3) is 0 Å². The molecule has 1 aromatic heterocycles. The number of halogens is 2. The van der Waals surface area contributed by atoms with Crippen molar-refractivity contribution in [3.05, 3.63) is 52.0 Å². The van der Waals surface area contributed by atoms with Gasteiger partial charge in [-0.05, 0) is 18.2 Å². The first-order chi connectivity index (χ1) is 9.47. The van der Waals surface area contributed by atoms with E-state index >= 15 is 0 Å². The Kier molecular flexibility index (Phi) is 4.16. The number of hydrogen-bond acceptors (Lipinski definition) is 4. The largest absolute Gasteiger partial charge is 0.366 e. The Bertz CT molecular complexity index is 691. The van der Waals surface area contributed by atoms with Crippen molar-refractivity contribution in [2.24, 2.45) is 5.73 Å². The molecule has 2 aromatic rings. The highest BCUT2D eigenvalue weighted by Crippen LogP contribution is 2.20. The first-order valence-corrected chi connectivity index (χ1v) is 6.11. The summed E-state index contributed by atoms with van der Waals surface area (Å²) in [5.41, 5.74) is 5.69. The van der Waals surface area contributed by atoms with Gasteiger partial charge >= 0.3 is 0 Å². The zero-order chi connectivity index (χ0) is 14.7. The van der Waals surface area contributed by atoms with Gasteiger partial charge < -0.3 is 11.1 Å². The van der Waals surface area contributed by atoms with Gasteiger partial charge in [-0.25, -0.2) is 4.98 Å². The summed E-state index contributed by atoms with van der Waals surface area (Å²) in [6, 6.07) is 4.37. The number of aromatic nitrogens is 2. The summed E-state index contributed by atoms with van der Waals surface area (Å²) in [5, 5.41) is 2.85. The van der Waals surface area contributed by atoms with Crippen LogP contribution >= 0.6 is 23.2 Å². The van der Waals surface area contributed by atoms with E-state index in [0.29, 0.717) is 5.69 Å². The first-order valence-electron chi connectivity index (χ1n) is 5.35. The first kappa shape index (κ1) is 14.2. The third-order valence-electron chi connectivity index (χ3n) is 2.33. The minimum atomic E-state index is -0.686. The molecular formula is C12H8Cl2N4O2. The van der Waals surface area contributed by atoms with Crippen molar-refractivity contribution in [1.29, 1.82) is 0 Å². The molecule has 0 fully saturated rings. The van der Waals surface area contributed by atoms with Gasteiger partial charge in [0.1, 0.15) is 10.8 Å². The van der Waals surface area contributed by atoms with E-state index in [1.54, 1.807) is 0 Å². The van der Waals surface area contributed by atoms with E-state index in [2.05, 4.69) is 15.3 Å². The molecule has 0 saturated carbocycles. The second-order valence-electron chi connectivity index (χ2n) is 3.74. The highest BCUT2D eigenvalue weighted by atomic mass is 35.5. The molecule has 20 heavy (non-hydrogen) atoms. The van der Waals surface area contributed by atoms with Gasteiger partial charge in [-0.1, -0.05) is 23.2 Å². The van der Waals surface area contributed by atoms with Gasteiger partial charge in [0.25, 0.3) is 5.91 Å². The third kappa shape index (κ3) is 3.23. The SMILES string of the molecule is NC(=O)c1cc(NC(=O)c2cncc(Cl)n2)ccc1Cl. The molecule has 0 saturated heterocycles. The quantitative estimate of drug-likeness (QED) is 0.907. The molecule has 0 atom stereocenters. The Labute approximate surface area is 123 Å². The fraction of sp³-hybridized carbons (Fsp3) is 0. The molecule has 0 aliphatic carbocycles. The Balaban J connectivity index is 2.24. The Morgan fingerprint density at radius 1 is 1.20 bits per heavy atom. The van der Waals surface area contributed by atoms with Gasteiger partial charge in [0.05, 0.1) is 23.0 Å². The van der Waals surface area contributed by atoms with E-state index in [4.69, 9.17) is 28.9 Å². The fourth-order valence-electron chi connectivity index (χ4n) is 1.44. The van der Waals surface area contributed by atoms with Gasteiger partial charge in [-0.15, -0.1) is 0 Å². The van der Waals surface area contributed by atoms with Crippen molar-refractivity contribution in [1.82, 2.24) is 9.97 Å². The smallest absolute Gasteiger partial charge is 0.275 e. The summed E-state index contributed by atoms with van der Waals surface area (Å²) >= 11 is 11.5. The molecule has 0 spiro atoms. The standard InChI is InChI=1S/C12H8Cl2N4O2/c13-8-2-1-6(3-7(8)11(15)19)17-12(20)9-4-16-5-10(14)18-9/h1-5H,(H2,15,19)(H,17,20). The van der Waals surface area contributed by atoms with E-state index in [9.17, 15) is 9.59 Å². The zero-order valence-corrected chi connectivity index (χ0v) is 11.4. The molecule has 0 unspecified atom stereocenters. The highest BCUT2D eigenvalue weighted by Gasteiger charge is 2.12. The van der Waals surface area contributed by atoms with E-state index in [1.165, 1.54) is 30.6 Å². The molecule has 6 nitrogen and oxygen atoms in total. The van der Waals surface area contributed by atoms with Crippen molar-refractivity contribution in [3.63, 3.8) is 0 Å². The maximum absolute atomic E-state index is 11.9. The Morgan fingerprint density at radius 3 is 2.60 bits per heavy atom. The number of anilines is 1. The maximum Gasteiger partial charge on any atom is 0.275 e. The van der Waals surface area contributed by atoms with Crippen LogP contribution in [0.2, 0.25) is 10.2 Å². The van der Waals surface area contributed by atoms with Crippen LogP contribution in [0.4, 0.5) is 5.69 Å². The number of nitrogens with one attached hydrogen (secondary N) is 1. The van der Waals surface area contributed by atoms with Crippen LogP contribution < -0.4 is 11.1 Å². The number of carbonyl (C=O) groups excluding carboxylic acids is 2. The summed E-state index contributed by atoms with van der Waals surface area (Å²) < 4.78 is 0. The summed E-state index contributed by atoms with van der Waals surface area (Å²) in [6.45, 7) is 0. The number of amides is 2. The van der Waals surface area contributed by atoms with Crippen molar-refractivity contribution >= 4 is 40.7 Å². The Morgan fingerprint density at radius 2 is 1.95 bits per heavy atom.